The maximum atomic E-state index is 2.42. The van der Waals surface area contributed by atoms with Gasteiger partial charge in [-0.05, 0) is 127 Å². The normalized spacial score (nSPS) is 11.8. The van der Waals surface area contributed by atoms with E-state index in [-0.39, 0.29) is 5.41 Å². The van der Waals surface area contributed by atoms with E-state index in [1.165, 1.54) is 59.8 Å². The molecular formula is C54H42N2. The fraction of sp³-hybridized carbons (Fsp3) is 0.0741. The Morgan fingerprint density at radius 3 is 1.34 bits per heavy atom. The number of rotatable bonds is 7. The second-order valence-electron chi connectivity index (χ2n) is 15.9. The highest BCUT2D eigenvalue weighted by Crippen LogP contribution is 2.48. The monoisotopic (exact) mass is 718 g/mol. The molecule has 0 radical (unpaired) electrons. The number of hydrogen-bond donors (Lipinski definition) is 0. The van der Waals surface area contributed by atoms with E-state index in [1.807, 2.05) is 0 Å². The van der Waals surface area contributed by atoms with Crippen LogP contribution in [-0.4, -0.2) is 0 Å². The highest BCUT2D eigenvalue weighted by atomic mass is 15.1. The van der Waals surface area contributed by atoms with Crippen molar-refractivity contribution in [3.05, 3.63) is 206 Å². The van der Waals surface area contributed by atoms with Crippen molar-refractivity contribution in [2.45, 2.75) is 26.2 Å². The molecule has 0 spiro atoms. The van der Waals surface area contributed by atoms with Crippen LogP contribution in [0.4, 0.5) is 34.1 Å². The van der Waals surface area contributed by atoms with Crippen LogP contribution in [0.1, 0.15) is 26.3 Å². The Bertz CT molecular complexity index is 2890. The highest BCUT2D eigenvalue weighted by molar-refractivity contribution is 6.28. The quantitative estimate of drug-likeness (QED) is 0.151. The van der Waals surface area contributed by atoms with Gasteiger partial charge in [0.1, 0.15) is 0 Å². The molecule has 10 aromatic rings. The molecule has 0 aliphatic carbocycles. The first kappa shape index (κ1) is 33.7. The average molecular weight is 719 g/mol. The van der Waals surface area contributed by atoms with Crippen LogP contribution in [0.3, 0.4) is 0 Å². The van der Waals surface area contributed by atoms with Gasteiger partial charge >= 0.3 is 0 Å². The molecule has 0 saturated heterocycles. The molecular weight excluding hydrogens is 677 g/mol. The van der Waals surface area contributed by atoms with Crippen molar-refractivity contribution in [2.75, 3.05) is 9.80 Å². The van der Waals surface area contributed by atoms with Crippen LogP contribution in [0.5, 0.6) is 0 Å². The molecule has 2 nitrogen and oxygen atoms in total. The number of hydrogen-bond acceptors (Lipinski definition) is 2. The van der Waals surface area contributed by atoms with E-state index in [4.69, 9.17) is 0 Å². The standard InChI is InChI=1S/C54H42N2/c1-54(2,3)42-33-40-27-30-48-50(39-25-24-38-35-47(29-26-37(38)32-39)55(43-16-8-4-9-17-43)44-18-10-5-11-19-44)36-51(49-31-28-41(34-42)52(40)53(48)49)56(45-20-12-6-13-21-45)46-22-14-7-15-23-46/h4-36H,1-3H3. The smallest absolute Gasteiger partial charge is 0.0546 e. The van der Waals surface area contributed by atoms with E-state index in [0.717, 1.165) is 34.1 Å². The third-order valence-corrected chi connectivity index (χ3v) is 11.3. The molecule has 10 aromatic carbocycles. The van der Waals surface area contributed by atoms with Crippen molar-refractivity contribution >= 4 is 77.2 Å². The fourth-order valence-electron chi connectivity index (χ4n) is 8.48. The highest BCUT2D eigenvalue weighted by Gasteiger charge is 2.23. The summed E-state index contributed by atoms with van der Waals surface area (Å²) in [5, 5.41) is 10.1. The molecule has 268 valence electrons. The summed E-state index contributed by atoms with van der Waals surface area (Å²) in [7, 11) is 0. The molecule has 0 fully saturated rings. The first-order valence-corrected chi connectivity index (χ1v) is 19.5. The van der Waals surface area contributed by atoms with E-state index < -0.39 is 0 Å². The lowest BCUT2D eigenvalue weighted by atomic mass is 9.82. The molecule has 0 unspecified atom stereocenters. The second-order valence-corrected chi connectivity index (χ2v) is 15.9. The molecule has 0 aliphatic rings. The van der Waals surface area contributed by atoms with Crippen LogP contribution in [0, 0.1) is 0 Å². The van der Waals surface area contributed by atoms with E-state index in [9.17, 15) is 0 Å². The third-order valence-electron chi connectivity index (χ3n) is 11.3. The van der Waals surface area contributed by atoms with Crippen molar-refractivity contribution in [1.29, 1.82) is 0 Å². The molecule has 0 bridgehead atoms. The molecule has 0 aliphatic heterocycles. The first-order chi connectivity index (χ1) is 27.4. The van der Waals surface area contributed by atoms with Crippen molar-refractivity contribution in [3.63, 3.8) is 0 Å². The topological polar surface area (TPSA) is 6.48 Å². The van der Waals surface area contributed by atoms with Gasteiger partial charge < -0.3 is 9.80 Å². The molecule has 0 amide bonds. The van der Waals surface area contributed by atoms with Crippen LogP contribution in [0.25, 0.3) is 54.2 Å². The minimum absolute atomic E-state index is 0.0440. The van der Waals surface area contributed by atoms with Gasteiger partial charge in [0, 0.05) is 39.2 Å². The Morgan fingerprint density at radius 1 is 0.339 bits per heavy atom. The number of para-hydroxylation sites is 4. The lowest BCUT2D eigenvalue weighted by Gasteiger charge is -2.29. The Balaban J connectivity index is 1.21. The predicted octanol–water partition coefficient (Wildman–Crippen LogP) is 15.6. The van der Waals surface area contributed by atoms with Crippen LogP contribution in [-0.2, 0) is 5.41 Å². The number of nitrogens with zero attached hydrogens (tertiary/aromatic N) is 2. The van der Waals surface area contributed by atoms with Crippen LogP contribution >= 0.6 is 0 Å². The van der Waals surface area contributed by atoms with Crippen LogP contribution in [0.2, 0.25) is 0 Å². The van der Waals surface area contributed by atoms with Crippen LogP contribution in [0.15, 0.2) is 200 Å². The van der Waals surface area contributed by atoms with Gasteiger partial charge in [-0.1, -0.05) is 148 Å². The number of benzene rings is 10. The van der Waals surface area contributed by atoms with Gasteiger partial charge in [0.05, 0.1) is 5.69 Å². The Kier molecular flexibility index (Phi) is 8.08. The number of fused-ring (bicyclic) bond motifs is 1. The zero-order valence-electron chi connectivity index (χ0n) is 31.9. The molecule has 0 N–H and O–H groups in total. The maximum absolute atomic E-state index is 2.42. The lowest BCUT2D eigenvalue weighted by Crippen LogP contribution is -2.11. The second kappa shape index (κ2) is 13.4. The van der Waals surface area contributed by atoms with Crippen molar-refractivity contribution in [2.24, 2.45) is 0 Å². The number of anilines is 6. The summed E-state index contributed by atoms with van der Waals surface area (Å²) < 4.78 is 0. The summed E-state index contributed by atoms with van der Waals surface area (Å²) in [5.41, 5.74) is 10.6. The summed E-state index contributed by atoms with van der Waals surface area (Å²) in [6.45, 7) is 6.91. The van der Waals surface area contributed by atoms with Gasteiger partial charge in [-0.3, -0.25) is 0 Å². The van der Waals surface area contributed by atoms with Gasteiger partial charge in [-0.2, -0.15) is 0 Å². The SMILES string of the molecule is CC(C)(C)c1cc2ccc3c(-c4ccc5cc(N(c6ccccc6)c6ccccc6)ccc5c4)cc(N(c4ccccc4)c4ccccc4)c4ccc(c1)c2c34. The molecule has 0 atom stereocenters. The Morgan fingerprint density at radius 2 is 0.804 bits per heavy atom. The molecule has 2 heteroatoms. The maximum Gasteiger partial charge on any atom is 0.0546 e. The Labute approximate surface area is 328 Å². The van der Waals surface area contributed by atoms with E-state index in [2.05, 4.69) is 231 Å². The van der Waals surface area contributed by atoms with Gasteiger partial charge in [0.2, 0.25) is 0 Å². The van der Waals surface area contributed by atoms with Gasteiger partial charge in [-0.15, -0.1) is 0 Å². The van der Waals surface area contributed by atoms with Gasteiger partial charge in [0.25, 0.3) is 0 Å². The summed E-state index contributed by atoms with van der Waals surface area (Å²) >= 11 is 0. The third kappa shape index (κ3) is 5.82. The van der Waals surface area contributed by atoms with Crippen LogP contribution < -0.4 is 9.80 Å². The van der Waals surface area contributed by atoms with E-state index >= 15 is 0 Å². The minimum Gasteiger partial charge on any atom is -0.310 e. The van der Waals surface area contributed by atoms with Gasteiger partial charge in [0.15, 0.2) is 0 Å². The van der Waals surface area contributed by atoms with E-state index in [1.54, 1.807) is 0 Å². The average Bonchev–Trinajstić information content (AvgIpc) is 3.24. The van der Waals surface area contributed by atoms with E-state index in [0.29, 0.717) is 0 Å². The summed E-state index contributed by atoms with van der Waals surface area (Å²) in [6.07, 6.45) is 0. The first-order valence-electron chi connectivity index (χ1n) is 19.5. The predicted molar refractivity (Wildman–Crippen MR) is 241 cm³/mol. The summed E-state index contributed by atoms with van der Waals surface area (Å²) in [6, 6.07) is 73.2. The molecule has 0 heterocycles. The lowest BCUT2D eigenvalue weighted by molar-refractivity contribution is 0.591. The van der Waals surface area contributed by atoms with Gasteiger partial charge in [-0.25, -0.2) is 0 Å². The molecule has 56 heavy (non-hydrogen) atoms. The zero-order valence-corrected chi connectivity index (χ0v) is 31.9. The van der Waals surface area contributed by atoms with Crippen molar-refractivity contribution < 1.29 is 0 Å². The fourth-order valence-corrected chi connectivity index (χ4v) is 8.48. The van der Waals surface area contributed by atoms with Crippen molar-refractivity contribution in [3.8, 4) is 11.1 Å². The molecule has 0 saturated carbocycles. The molecule has 0 aromatic heterocycles. The summed E-state index contributed by atoms with van der Waals surface area (Å²) in [4.78, 5) is 4.75. The Hall–Kier alpha value is -6.90. The largest absolute Gasteiger partial charge is 0.310 e. The molecule has 10 rings (SSSR count). The zero-order chi connectivity index (χ0) is 37.8. The summed E-state index contributed by atoms with van der Waals surface area (Å²) in [5.74, 6) is 0. The van der Waals surface area contributed by atoms with Crippen molar-refractivity contribution in [1.82, 2.24) is 0 Å². The minimum atomic E-state index is 0.0440.